The van der Waals surface area contributed by atoms with E-state index in [1.54, 1.807) is 0 Å². The number of likely N-dealkylation sites (N-methyl/N-ethyl adjacent to an activating group) is 1. The highest BCUT2D eigenvalue weighted by atomic mass is 79.9. The van der Waals surface area contributed by atoms with Crippen molar-refractivity contribution in [2.75, 3.05) is 20.6 Å². The zero-order valence-electron chi connectivity index (χ0n) is 13.0. The fourth-order valence-electron chi connectivity index (χ4n) is 2.27. The molecule has 0 aliphatic rings. The van der Waals surface area contributed by atoms with Crippen molar-refractivity contribution in [2.45, 2.75) is 13.2 Å². The molecule has 22 heavy (non-hydrogen) atoms. The smallest absolute Gasteiger partial charge is 0.362 e. The van der Waals surface area contributed by atoms with Gasteiger partial charge in [-0.15, -0.1) is 0 Å². The predicted molar refractivity (Wildman–Crippen MR) is 83.4 cm³/mol. The lowest BCUT2D eigenvalue weighted by atomic mass is 10.2. The summed E-state index contributed by atoms with van der Waals surface area (Å²) in [5.41, 5.74) is 2.23. The van der Waals surface area contributed by atoms with E-state index in [1.807, 2.05) is 62.6 Å². The summed E-state index contributed by atoms with van der Waals surface area (Å²) in [6.07, 6.45) is 0. The van der Waals surface area contributed by atoms with E-state index in [2.05, 4.69) is 12.1 Å². The van der Waals surface area contributed by atoms with E-state index in [0.29, 0.717) is 17.6 Å². The largest absolute Gasteiger partial charge is 1.00 e. The number of carbonyl (C=O) groups is 1. The highest BCUT2D eigenvalue weighted by Gasteiger charge is 2.21. The van der Waals surface area contributed by atoms with Crippen LogP contribution >= 0.6 is 0 Å². The highest BCUT2D eigenvalue weighted by Crippen LogP contribution is 2.09. The molecular weight excluding hydrogens is 342 g/mol. The third kappa shape index (κ3) is 6.41. The van der Waals surface area contributed by atoms with Gasteiger partial charge in [0.15, 0.2) is 6.54 Å². The van der Waals surface area contributed by atoms with Crippen LogP contribution in [-0.2, 0) is 22.7 Å². The van der Waals surface area contributed by atoms with Gasteiger partial charge in [0, 0.05) is 5.56 Å². The van der Waals surface area contributed by atoms with E-state index in [-0.39, 0.29) is 23.0 Å². The van der Waals surface area contributed by atoms with Crippen LogP contribution in [0, 0.1) is 0 Å². The molecule has 0 amide bonds. The van der Waals surface area contributed by atoms with Crippen LogP contribution in [0.1, 0.15) is 11.1 Å². The van der Waals surface area contributed by atoms with Gasteiger partial charge < -0.3 is 26.2 Å². The van der Waals surface area contributed by atoms with Crippen molar-refractivity contribution in [3.8, 4) is 0 Å². The molecule has 4 heteroatoms. The lowest BCUT2D eigenvalue weighted by molar-refractivity contribution is -0.896. The normalized spacial score (nSPS) is 10.6. The maximum absolute atomic E-state index is 12.0. The van der Waals surface area contributed by atoms with Gasteiger partial charge in [0.25, 0.3) is 0 Å². The first-order valence-electron chi connectivity index (χ1n) is 7.11. The summed E-state index contributed by atoms with van der Waals surface area (Å²) >= 11 is 0. The number of hydrogen-bond acceptors (Lipinski definition) is 2. The Balaban J connectivity index is 0.00000242. The van der Waals surface area contributed by atoms with Crippen LogP contribution in [0.5, 0.6) is 0 Å². The molecule has 0 saturated heterocycles. The van der Waals surface area contributed by atoms with Gasteiger partial charge >= 0.3 is 5.97 Å². The zero-order chi connectivity index (χ0) is 15.1. The number of esters is 1. The summed E-state index contributed by atoms with van der Waals surface area (Å²) in [7, 11) is 4.08. The fourth-order valence-corrected chi connectivity index (χ4v) is 2.27. The molecule has 0 radical (unpaired) electrons. The second-order valence-corrected chi connectivity index (χ2v) is 5.88. The average Bonchev–Trinajstić information content (AvgIpc) is 2.46. The van der Waals surface area contributed by atoms with Crippen LogP contribution in [0.4, 0.5) is 0 Å². The minimum atomic E-state index is -0.167. The molecule has 2 rings (SSSR count). The quantitative estimate of drug-likeness (QED) is 0.533. The Labute approximate surface area is 142 Å². The van der Waals surface area contributed by atoms with E-state index < -0.39 is 0 Å². The molecule has 0 aliphatic carbocycles. The lowest BCUT2D eigenvalue weighted by Crippen LogP contribution is -3.00. The van der Waals surface area contributed by atoms with Crippen molar-refractivity contribution in [1.29, 1.82) is 0 Å². The Bertz CT molecular complexity index is 570. The van der Waals surface area contributed by atoms with Crippen molar-refractivity contribution >= 4 is 5.97 Å². The Morgan fingerprint density at radius 1 is 0.909 bits per heavy atom. The fraction of sp³-hybridized carbons (Fsp3) is 0.278. The second kappa shape index (κ2) is 8.71. The molecule has 0 fully saturated rings. The van der Waals surface area contributed by atoms with Crippen molar-refractivity contribution in [3.63, 3.8) is 0 Å². The van der Waals surface area contributed by atoms with Gasteiger partial charge in [-0.3, -0.25) is 0 Å². The summed E-state index contributed by atoms with van der Waals surface area (Å²) in [5, 5.41) is 0. The van der Waals surface area contributed by atoms with Crippen molar-refractivity contribution < 1.29 is 31.0 Å². The molecule has 0 spiro atoms. The summed E-state index contributed by atoms with van der Waals surface area (Å²) in [5.74, 6) is -0.167. The molecule has 0 heterocycles. The molecule has 3 nitrogen and oxygen atoms in total. The second-order valence-electron chi connectivity index (χ2n) is 5.88. The Kier molecular flexibility index (Phi) is 7.28. The number of hydrogen-bond donors (Lipinski definition) is 0. The first-order valence-corrected chi connectivity index (χ1v) is 7.11. The number of rotatable bonds is 6. The topological polar surface area (TPSA) is 26.3 Å². The van der Waals surface area contributed by atoms with Crippen molar-refractivity contribution in [1.82, 2.24) is 0 Å². The minimum Gasteiger partial charge on any atom is -1.00 e. The van der Waals surface area contributed by atoms with Crippen LogP contribution in [-0.4, -0.2) is 31.1 Å². The van der Waals surface area contributed by atoms with E-state index in [9.17, 15) is 4.79 Å². The monoisotopic (exact) mass is 363 g/mol. The molecular formula is C18H22BrNO2. The minimum absolute atomic E-state index is 0. The molecule has 2 aromatic carbocycles. The third-order valence-corrected chi connectivity index (χ3v) is 3.25. The SMILES string of the molecule is C[N+](C)(CC(=O)OCc1ccccc1)Cc1ccccc1.[Br-]. The van der Waals surface area contributed by atoms with E-state index in [1.165, 1.54) is 5.56 Å². The summed E-state index contributed by atoms with van der Waals surface area (Å²) in [6, 6.07) is 19.9. The van der Waals surface area contributed by atoms with Gasteiger partial charge in [-0.05, 0) is 5.56 Å². The van der Waals surface area contributed by atoms with Gasteiger partial charge in [-0.2, -0.15) is 0 Å². The molecule has 118 valence electrons. The molecule has 0 aromatic heterocycles. The van der Waals surface area contributed by atoms with Gasteiger partial charge in [0.1, 0.15) is 13.2 Å². The molecule has 0 atom stereocenters. The van der Waals surface area contributed by atoms with Crippen LogP contribution in [0.25, 0.3) is 0 Å². The average molecular weight is 364 g/mol. The molecule has 2 aromatic rings. The van der Waals surface area contributed by atoms with Crippen molar-refractivity contribution in [3.05, 3.63) is 71.8 Å². The summed E-state index contributed by atoms with van der Waals surface area (Å²) < 4.78 is 5.93. The number of halogens is 1. The molecule has 0 unspecified atom stereocenters. The number of carbonyl (C=O) groups excluding carboxylic acids is 1. The van der Waals surface area contributed by atoms with E-state index in [0.717, 1.165) is 12.1 Å². The lowest BCUT2D eigenvalue weighted by Gasteiger charge is -2.28. The van der Waals surface area contributed by atoms with Crippen LogP contribution < -0.4 is 17.0 Å². The Hall–Kier alpha value is -1.65. The van der Waals surface area contributed by atoms with E-state index in [4.69, 9.17) is 4.74 Å². The van der Waals surface area contributed by atoms with Gasteiger partial charge in [-0.1, -0.05) is 60.7 Å². The standard InChI is InChI=1S/C18H22NO2.BrH/c1-19(2,13-16-9-5-3-6-10-16)14-18(20)21-15-17-11-7-4-8-12-17;/h3-12H,13-15H2,1-2H3;1H/q+1;/p-1. The molecule has 0 saturated carbocycles. The summed E-state index contributed by atoms with van der Waals surface area (Å²) in [6.45, 7) is 1.51. The highest BCUT2D eigenvalue weighted by molar-refractivity contribution is 5.70. The van der Waals surface area contributed by atoms with Gasteiger partial charge in [-0.25, -0.2) is 4.79 Å². The van der Waals surface area contributed by atoms with Gasteiger partial charge in [0.2, 0.25) is 0 Å². The number of benzene rings is 2. The molecule has 0 N–H and O–H groups in total. The number of ether oxygens (including phenoxy) is 1. The van der Waals surface area contributed by atoms with Crippen molar-refractivity contribution in [2.24, 2.45) is 0 Å². The number of nitrogens with zero attached hydrogens (tertiary/aromatic N) is 1. The maximum Gasteiger partial charge on any atom is 0.362 e. The van der Waals surface area contributed by atoms with Crippen LogP contribution in [0.2, 0.25) is 0 Å². The van der Waals surface area contributed by atoms with Gasteiger partial charge in [0.05, 0.1) is 14.1 Å². The predicted octanol–water partition coefficient (Wildman–Crippen LogP) is 0.0104. The summed E-state index contributed by atoms with van der Waals surface area (Å²) in [4.78, 5) is 12.0. The maximum atomic E-state index is 12.0. The van der Waals surface area contributed by atoms with Crippen LogP contribution in [0.3, 0.4) is 0 Å². The van der Waals surface area contributed by atoms with E-state index >= 15 is 0 Å². The molecule has 0 bridgehead atoms. The Morgan fingerprint density at radius 3 is 1.95 bits per heavy atom. The Morgan fingerprint density at radius 2 is 1.41 bits per heavy atom. The van der Waals surface area contributed by atoms with Crippen LogP contribution in [0.15, 0.2) is 60.7 Å². The zero-order valence-corrected chi connectivity index (χ0v) is 14.6. The number of quaternary nitrogens is 1. The molecule has 0 aliphatic heterocycles. The third-order valence-electron chi connectivity index (χ3n) is 3.25. The first-order chi connectivity index (χ1) is 10.1. The first kappa shape index (κ1) is 18.4.